The van der Waals surface area contributed by atoms with Gasteiger partial charge in [0.15, 0.2) is 5.13 Å². The summed E-state index contributed by atoms with van der Waals surface area (Å²) in [5, 5.41) is 5.28. The third-order valence-corrected chi connectivity index (χ3v) is 3.97. The molecule has 2 aromatic rings. The van der Waals surface area contributed by atoms with Crippen molar-refractivity contribution < 1.29 is 14.3 Å². The molecule has 0 spiro atoms. The Bertz CT molecular complexity index is 667. The largest absolute Gasteiger partial charge is 0.449 e. The van der Waals surface area contributed by atoms with E-state index in [-0.39, 0.29) is 5.91 Å². The lowest BCUT2D eigenvalue weighted by Crippen LogP contribution is -2.14. The highest BCUT2D eigenvalue weighted by molar-refractivity contribution is 7.13. The molecular weight excluding hydrogens is 314 g/mol. The maximum atomic E-state index is 11.0. The van der Waals surface area contributed by atoms with E-state index in [1.54, 1.807) is 0 Å². The minimum atomic E-state index is -0.747. The third-order valence-electron chi connectivity index (χ3n) is 3.16. The smallest absolute Gasteiger partial charge is 0.404 e. The van der Waals surface area contributed by atoms with Crippen LogP contribution in [0.3, 0.4) is 0 Å². The molecular formula is C16H19N3O3S. The number of carbonyl (C=O) groups excluding carboxylic acids is 2. The van der Waals surface area contributed by atoms with Crippen molar-refractivity contribution in [3.8, 4) is 0 Å². The third kappa shape index (κ3) is 6.07. The standard InChI is InChI=1S/C16H19N3O3S/c1-11(20)18-16-19-14(10-23-16)7-6-12-2-4-13(5-3-12)8-9-22-15(17)21/h2-5,10H,6-9H2,1H3,(H2,17,21)(H,18,19,20). The number of nitrogens with one attached hydrogen (secondary N) is 1. The summed E-state index contributed by atoms with van der Waals surface area (Å²) >= 11 is 1.43. The molecule has 0 saturated carbocycles. The summed E-state index contributed by atoms with van der Waals surface area (Å²) < 4.78 is 4.71. The van der Waals surface area contributed by atoms with Crippen LogP contribution in [0.2, 0.25) is 0 Å². The number of thiazole rings is 1. The number of aryl methyl sites for hydroxylation is 2. The molecule has 2 rings (SSSR count). The van der Waals surface area contributed by atoms with Crippen molar-refractivity contribution in [1.29, 1.82) is 0 Å². The molecule has 3 N–H and O–H groups in total. The van der Waals surface area contributed by atoms with Gasteiger partial charge in [-0.2, -0.15) is 0 Å². The number of rotatable bonds is 7. The maximum Gasteiger partial charge on any atom is 0.404 e. The first kappa shape index (κ1) is 17.0. The molecule has 0 aliphatic carbocycles. The van der Waals surface area contributed by atoms with Gasteiger partial charge in [-0.15, -0.1) is 11.3 Å². The topological polar surface area (TPSA) is 94.3 Å². The van der Waals surface area contributed by atoms with E-state index in [0.29, 0.717) is 18.2 Å². The molecule has 0 atom stereocenters. The van der Waals surface area contributed by atoms with Gasteiger partial charge in [0.2, 0.25) is 5.91 Å². The number of hydrogen-bond donors (Lipinski definition) is 2. The van der Waals surface area contributed by atoms with Crippen molar-refractivity contribution in [3.63, 3.8) is 0 Å². The lowest BCUT2D eigenvalue weighted by Gasteiger charge is -2.04. The molecule has 0 bridgehead atoms. The second-order valence-electron chi connectivity index (χ2n) is 5.06. The van der Waals surface area contributed by atoms with Crippen molar-refractivity contribution in [1.82, 2.24) is 4.98 Å². The second-order valence-corrected chi connectivity index (χ2v) is 5.92. The summed E-state index contributed by atoms with van der Waals surface area (Å²) in [4.78, 5) is 25.8. The first-order valence-electron chi connectivity index (χ1n) is 7.25. The minimum absolute atomic E-state index is 0.109. The SMILES string of the molecule is CC(=O)Nc1nc(CCc2ccc(CCOC(N)=O)cc2)cs1. The number of aromatic nitrogens is 1. The summed E-state index contributed by atoms with van der Waals surface area (Å²) in [6.45, 7) is 1.76. The van der Waals surface area contributed by atoms with Gasteiger partial charge in [-0.3, -0.25) is 4.79 Å². The molecule has 23 heavy (non-hydrogen) atoms. The van der Waals surface area contributed by atoms with Crippen LogP contribution in [0.1, 0.15) is 23.7 Å². The fourth-order valence-electron chi connectivity index (χ4n) is 2.04. The number of hydrogen-bond acceptors (Lipinski definition) is 5. The zero-order valence-electron chi connectivity index (χ0n) is 12.9. The van der Waals surface area contributed by atoms with E-state index in [1.165, 1.54) is 23.8 Å². The fourth-order valence-corrected chi connectivity index (χ4v) is 2.84. The fraction of sp³-hybridized carbons (Fsp3) is 0.312. The number of benzene rings is 1. The molecule has 0 saturated heterocycles. The molecule has 0 radical (unpaired) electrons. The summed E-state index contributed by atoms with van der Waals surface area (Å²) in [5.74, 6) is -0.109. The van der Waals surface area contributed by atoms with E-state index >= 15 is 0 Å². The Hall–Kier alpha value is -2.41. The van der Waals surface area contributed by atoms with Crippen LogP contribution in [0.15, 0.2) is 29.6 Å². The summed E-state index contributed by atoms with van der Waals surface area (Å²) in [6, 6.07) is 8.15. The van der Waals surface area contributed by atoms with Crippen molar-refractivity contribution in [2.45, 2.75) is 26.2 Å². The summed E-state index contributed by atoms with van der Waals surface area (Å²) in [5.41, 5.74) is 8.19. The lowest BCUT2D eigenvalue weighted by atomic mass is 10.1. The number of ether oxygens (including phenoxy) is 1. The van der Waals surface area contributed by atoms with Crippen LogP contribution in [0.5, 0.6) is 0 Å². The van der Waals surface area contributed by atoms with E-state index in [0.717, 1.165) is 24.1 Å². The molecule has 7 heteroatoms. The first-order valence-corrected chi connectivity index (χ1v) is 8.13. The second kappa shape index (κ2) is 8.28. The molecule has 0 unspecified atom stereocenters. The van der Waals surface area contributed by atoms with Crippen LogP contribution < -0.4 is 11.1 Å². The van der Waals surface area contributed by atoms with Gasteiger partial charge in [0.1, 0.15) is 0 Å². The van der Waals surface area contributed by atoms with Crippen molar-refractivity contribution in [2.75, 3.05) is 11.9 Å². The van der Waals surface area contributed by atoms with Crippen LogP contribution >= 0.6 is 11.3 Å². The Morgan fingerprint density at radius 3 is 2.43 bits per heavy atom. The highest BCUT2D eigenvalue weighted by Crippen LogP contribution is 2.17. The zero-order valence-corrected chi connectivity index (χ0v) is 13.7. The summed E-state index contributed by atoms with van der Waals surface area (Å²) in [6.07, 6.45) is 1.60. The van der Waals surface area contributed by atoms with Gasteiger partial charge >= 0.3 is 6.09 Å². The average Bonchev–Trinajstić information content (AvgIpc) is 2.93. The number of anilines is 1. The zero-order chi connectivity index (χ0) is 16.7. The number of primary amides is 1. The van der Waals surface area contributed by atoms with Gasteiger partial charge < -0.3 is 15.8 Å². The maximum absolute atomic E-state index is 11.0. The summed E-state index contributed by atoms with van der Waals surface area (Å²) in [7, 11) is 0. The van der Waals surface area contributed by atoms with Crippen molar-refractivity contribution in [3.05, 3.63) is 46.5 Å². The van der Waals surface area contributed by atoms with Crippen LogP contribution in [0.25, 0.3) is 0 Å². The van der Waals surface area contributed by atoms with Gasteiger partial charge in [-0.25, -0.2) is 9.78 Å². The molecule has 2 amide bonds. The van der Waals surface area contributed by atoms with E-state index in [9.17, 15) is 9.59 Å². The Balaban J connectivity index is 1.80. The van der Waals surface area contributed by atoms with Gasteiger partial charge in [-0.05, 0) is 24.0 Å². The van der Waals surface area contributed by atoms with Crippen LogP contribution in [-0.2, 0) is 28.8 Å². The highest BCUT2D eigenvalue weighted by Gasteiger charge is 2.04. The molecule has 0 aliphatic heterocycles. The molecule has 1 heterocycles. The van der Waals surface area contributed by atoms with Crippen molar-refractivity contribution >= 4 is 28.5 Å². The lowest BCUT2D eigenvalue weighted by molar-refractivity contribution is -0.114. The molecule has 122 valence electrons. The number of carbonyl (C=O) groups is 2. The molecule has 0 fully saturated rings. The monoisotopic (exact) mass is 333 g/mol. The van der Waals surface area contributed by atoms with Crippen LogP contribution in [-0.4, -0.2) is 23.6 Å². The normalized spacial score (nSPS) is 10.3. The van der Waals surface area contributed by atoms with E-state index in [4.69, 9.17) is 10.5 Å². The Morgan fingerprint density at radius 2 is 1.83 bits per heavy atom. The molecule has 1 aromatic carbocycles. The van der Waals surface area contributed by atoms with E-state index in [1.807, 2.05) is 17.5 Å². The predicted octanol–water partition coefficient (Wildman–Crippen LogP) is 2.52. The number of amides is 2. The van der Waals surface area contributed by atoms with Gasteiger partial charge in [0.25, 0.3) is 0 Å². The molecule has 1 aromatic heterocycles. The Labute approximate surface area is 138 Å². The van der Waals surface area contributed by atoms with Gasteiger partial charge in [-0.1, -0.05) is 24.3 Å². The van der Waals surface area contributed by atoms with E-state index in [2.05, 4.69) is 22.4 Å². The minimum Gasteiger partial charge on any atom is -0.449 e. The first-order chi connectivity index (χ1) is 11.0. The number of nitrogens with zero attached hydrogens (tertiary/aromatic N) is 1. The quantitative estimate of drug-likeness (QED) is 0.814. The molecule has 0 aliphatic rings. The Kier molecular flexibility index (Phi) is 6.10. The highest BCUT2D eigenvalue weighted by atomic mass is 32.1. The van der Waals surface area contributed by atoms with E-state index < -0.39 is 6.09 Å². The van der Waals surface area contributed by atoms with Gasteiger partial charge in [0.05, 0.1) is 12.3 Å². The number of nitrogens with two attached hydrogens (primary N) is 1. The van der Waals surface area contributed by atoms with Crippen LogP contribution in [0.4, 0.5) is 9.93 Å². The van der Waals surface area contributed by atoms with Gasteiger partial charge in [0, 0.05) is 18.7 Å². The molecule has 6 nitrogen and oxygen atoms in total. The van der Waals surface area contributed by atoms with Crippen LogP contribution in [0, 0.1) is 0 Å². The average molecular weight is 333 g/mol. The predicted molar refractivity (Wildman–Crippen MR) is 89.5 cm³/mol. The van der Waals surface area contributed by atoms with Crippen molar-refractivity contribution in [2.24, 2.45) is 5.73 Å². The Morgan fingerprint density at radius 1 is 1.17 bits per heavy atom.